The fraction of sp³-hybridized carbons (Fsp3) is 0.889. The molecule has 0 bridgehead atoms. The molecule has 1 heterocycles. The summed E-state index contributed by atoms with van der Waals surface area (Å²) in [6.07, 6.45) is 9.10. The predicted molar refractivity (Wildman–Crippen MR) is 93.4 cm³/mol. The van der Waals surface area contributed by atoms with Gasteiger partial charge in [-0.3, -0.25) is 4.79 Å². The Hall–Kier alpha value is -1.30. The Bertz CT molecular complexity index is 442. The summed E-state index contributed by atoms with van der Waals surface area (Å²) in [6, 6.07) is 0.393. The van der Waals surface area contributed by atoms with Crippen molar-refractivity contribution in [3.63, 3.8) is 0 Å². The van der Waals surface area contributed by atoms with Crippen LogP contribution in [0.4, 0.5) is 4.79 Å². The van der Waals surface area contributed by atoms with E-state index in [1.54, 1.807) is 0 Å². The van der Waals surface area contributed by atoms with Crippen molar-refractivity contribution in [2.24, 2.45) is 17.6 Å². The zero-order chi connectivity index (χ0) is 16.9. The zero-order valence-electron chi connectivity index (χ0n) is 14.7. The smallest absolute Gasteiger partial charge is 0.317 e. The van der Waals surface area contributed by atoms with Crippen molar-refractivity contribution in [2.75, 3.05) is 32.7 Å². The minimum Gasteiger partial charge on any atom is -0.339 e. The van der Waals surface area contributed by atoms with E-state index >= 15 is 0 Å². The number of rotatable bonds is 3. The molecule has 2 atom stereocenters. The van der Waals surface area contributed by atoms with Gasteiger partial charge in [0.15, 0.2) is 0 Å². The van der Waals surface area contributed by atoms with Gasteiger partial charge in [-0.25, -0.2) is 4.79 Å². The molecule has 136 valence electrons. The molecular formula is C18H32N4O2. The fourth-order valence-electron chi connectivity index (χ4n) is 4.52. The van der Waals surface area contributed by atoms with Gasteiger partial charge in [0.1, 0.15) is 0 Å². The lowest BCUT2D eigenvalue weighted by Gasteiger charge is -2.37. The second-order valence-corrected chi connectivity index (χ2v) is 7.63. The van der Waals surface area contributed by atoms with Gasteiger partial charge in [-0.15, -0.1) is 0 Å². The summed E-state index contributed by atoms with van der Waals surface area (Å²) < 4.78 is 0. The third-order valence-corrected chi connectivity index (χ3v) is 6.09. The number of piperazine rings is 1. The summed E-state index contributed by atoms with van der Waals surface area (Å²) in [5.74, 6) is 0.720. The van der Waals surface area contributed by atoms with Crippen LogP contribution in [0.3, 0.4) is 0 Å². The molecule has 6 nitrogen and oxygen atoms in total. The van der Waals surface area contributed by atoms with Gasteiger partial charge in [0.25, 0.3) is 0 Å². The molecule has 3 N–H and O–H groups in total. The number of nitrogens with zero attached hydrogens (tertiary/aromatic N) is 2. The third kappa shape index (κ3) is 4.02. The number of hydrogen-bond acceptors (Lipinski definition) is 3. The summed E-state index contributed by atoms with van der Waals surface area (Å²) in [5, 5.41) is 3.17. The van der Waals surface area contributed by atoms with E-state index in [2.05, 4.69) is 5.32 Å². The minimum absolute atomic E-state index is 0.0506. The van der Waals surface area contributed by atoms with Crippen molar-refractivity contribution >= 4 is 11.9 Å². The first kappa shape index (κ1) is 17.5. The Morgan fingerprint density at radius 2 is 1.54 bits per heavy atom. The van der Waals surface area contributed by atoms with E-state index in [-0.39, 0.29) is 17.9 Å². The van der Waals surface area contributed by atoms with Crippen molar-refractivity contribution in [1.82, 2.24) is 15.1 Å². The van der Waals surface area contributed by atoms with E-state index in [0.29, 0.717) is 44.7 Å². The second kappa shape index (κ2) is 8.19. The largest absolute Gasteiger partial charge is 0.339 e. The predicted octanol–water partition coefficient (Wildman–Crippen LogP) is 1.55. The maximum Gasteiger partial charge on any atom is 0.317 e. The van der Waals surface area contributed by atoms with Gasteiger partial charge in [0, 0.05) is 38.1 Å². The van der Waals surface area contributed by atoms with E-state index in [0.717, 1.165) is 32.1 Å². The summed E-state index contributed by atoms with van der Waals surface area (Å²) in [6.45, 7) is 3.21. The van der Waals surface area contributed by atoms with E-state index in [9.17, 15) is 9.59 Å². The van der Waals surface area contributed by atoms with E-state index in [4.69, 9.17) is 5.73 Å². The number of carbonyl (C=O) groups is 2. The van der Waals surface area contributed by atoms with Crippen LogP contribution in [0.5, 0.6) is 0 Å². The highest BCUT2D eigenvalue weighted by Gasteiger charge is 2.36. The van der Waals surface area contributed by atoms with Crippen LogP contribution in [0.15, 0.2) is 0 Å². The van der Waals surface area contributed by atoms with Gasteiger partial charge >= 0.3 is 6.03 Å². The number of urea groups is 1. The van der Waals surface area contributed by atoms with Gasteiger partial charge in [0.2, 0.25) is 5.91 Å². The molecule has 1 saturated heterocycles. The maximum atomic E-state index is 12.7. The average molecular weight is 336 g/mol. The number of nitrogens with one attached hydrogen (secondary N) is 1. The normalized spacial score (nSPS) is 28.9. The molecule has 3 amide bonds. The second-order valence-electron chi connectivity index (χ2n) is 7.63. The minimum atomic E-state index is 0.0506. The van der Waals surface area contributed by atoms with Crippen LogP contribution in [0.1, 0.15) is 51.4 Å². The molecule has 0 aromatic carbocycles. The first-order chi connectivity index (χ1) is 11.7. The van der Waals surface area contributed by atoms with E-state index in [1.165, 1.54) is 19.3 Å². The molecule has 0 aromatic heterocycles. The lowest BCUT2D eigenvalue weighted by Crippen LogP contribution is -2.55. The molecule has 1 aliphatic heterocycles. The highest BCUT2D eigenvalue weighted by atomic mass is 16.2. The Morgan fingerprint density at radius 3 is 2.21 bits per heavy atom. The molecule has 0 radical (unpaired) electrons. The first-order valence-corrected chi connectivity index (χ1v) is 9.73. The van der Waals surface area contributed by atoms with Crippen LogP contribution < -0.4 is 11.1 Å². The van der Waals surface area contributed by atoms with Gasteiger partial charge in [-0.1, -0.05) is 25.7 Å². The number of hydrogen-bond donors (Lipinski definition) is 2. The van der Waals surface area contributed by atoms with Crippen molar-refractivity contribution in [3.05, 3.63) is 0 Å². The highest BCUT2D eigenvalue weighted by Crippen LogP contribution is 2.32. The monoisotopic (exact) mass is 336 g/mol. The highest BCUT2D eigenvalue weighted by molar-refractivity contribution is 5.80. The molecule has 24 heavy (non-hydrogen) atoms. The van der Waals surface area contributed by atoms with Crippen LogP contribution >= 0.6 is 0 Å². The van der Waals surface area contributed by atoms with Gasteiger partial charge in [-0.2, -0.15) is 0 Å². The molecule has 3 aliphatic rings. The summed E-state index contributed by atoms with van der Waals surface area (Å²) >= 11 is 0. The third-order valence-electron chi connectivity index (χ3n) is 6.09. The van der Waals surface area contributed by atoms with Crippen molar-refractivity contribution in [2.45, 2.75) is 57.4 Å². The molecule has 0 unspecified atom stereocenters. The van der Waals surface area contributed by atoms with Crippen LogP contribution in [-0.4, -0.2) is 60.5 Å². The van der Waals surface area contributed by atoms with Gasteiger partial charge in [0.05, 0.1) is 0 Å². The lowest BCUT2D eigenvalue weighted by molar-refractivity contribution is -0.138. The molecule has 6 heteroatoms. The summed E-state index contributed by atoms with van der Waals surface area (Å²) in [7, 11) is 0. The molecule has 2 saturated carbocycles. The Morgan fingerprint density at radius 1 is 0.875 bits per heavy atom. The Balaban J connectivity index is 1.45. The molecular weight excluding hydrogens is 304 g/mol. The average Bonchev–Trinajstić information content (AvgIpc) is 3.11. The maximum absolute atomic E-state index is 12.7. The lowest BCUT2D eigenvalue weighted by atomic mass is 9.94. The standard InChI is InChI=1S/C18H32N4O2/c19-13-14-5-4-8-16(14)17(23)21-9-11-22(12-10-21)18(24)20-15-6-2-1-3-7-15/h14-16H,1-13,19H2,(H,20,24)/t14-,16-/m1/s1. The molecule has 0 aromatic rings. The molecule has 0 spiro atoms. The van der Waals surface area contributed by atoms with E-state index in [1.807, 2.05) is 9.80 Å². The quantitative estimate of drug-likeness (QED) is 0.821. The van der Waals surface area contributed by atoms with Crippen LogP contribution in [0.25, 0.3) is 0 Å². The van der Waals surface area contributed by atoms with Crippen LogP contribution in [-0.2, 0) is 4.79 Å². The number of nitrogens with two attached hydrogens (primary N) is 1. The Labute approximate surface area is 145 Å². The zero-order valence-corrected chi connectivity index (χ0v) is 14.7. The fourth-order valence-corrected chi connectivity index (χ4v) is 4.52. The first-order valence-electron chi connectivity index (χ1n) is 9.73. The Kier molecular flexibility index (Phi) is 5.98. The summed E-state index contributed by atoms with van der Waals surface area (Å²) in [4.78, 5) is 28.9. The van der Waals surface area contributed by atoms with Crippen LogP contribution in [0.2, 0.25) is 0 Å². The van der Waals surface area contributed by atoms with Gasteiger partial charge in [-0.05, 0) is 38.1 Å². The van der Waals surface area contributed by atoms with Crippen molar-refractivity contribution < 1.29 is 9.59 Å². The summed E-state index contributed by atoms with van der Waals surface area (Å²) in [5.41, 5.74) is 5.81. The van der Waals surface area contributed by atoms with Crippen molar-refractivity contribution in [1.29, 1.82) is 0 Å². The molecule has 3 rings (SSSR count). The SMILES string of the molecule is NC[C@H]1CCC[C@H]1C(=O)N1CCN(C(=O)NC2CCCCC2)CC1. The topological polar surface area (TPSA) is 78.7 Å². The van der Waals surface area contributed by atoms with Crippen molar-refractivity contribution in [3.8, 4) is 0 Å². The van der Waals surface area contributed by atoms with Crippen LogP contribution in [0, 0.1) is 11.8 Å². The van der Waals surface area contributed by atoms with Gasteiger partial charge < -0.3 is 20.9 Å². The number of carbonyl (C=O) groups excluding carboxylic acids is 2. The van der Waals surface area contributed by atoms with E-state index < -0.39 is 0 Å². The molecule has 3 fully saturated rings. The number of amides is 3. The molecule has 2 aliphatic carbocycles.